The minimum atomic E-state index is -0.932. The molecule has 25 heavy (non-hydrogen) atoms. The third-order valence-corrected chi connectivity index (χ3v) is 3.93. The van der Waals surface area contributed by atoms with Gasteiger partial charge in [-0.25, -0.2) is 0 Å². The molecule has 2 aromatic rings. The molecular formula is C19H20ClNO4. The molecule has 1 atom stereocenters. The number of hydrogen-bond acceptors (Lipinski definition) is 3. The molecule has 5 nitrogen and oxygen atoms in total. The summed E-state index contributed by atoms with van der Waals surface area (Å²) in [5, 5.41) is 9.60. The highest BCUT2D eigenvalue weighted by Gasteiger charge is 2.18. The van der Waals surface area contributed by atoms with Crippen molar-refractivity contribution in [2.24, 2.45) is 5.92 Å². The molecule has 0 radical (unpaired) electrons. The molecule has 0 aromatic heterocycles. The summed E-state index contributed by atoms with van der Waals surface area (Å²) in [7, 11) is 1.58. The number of rotatable bonds is 7. The van der Waals surface area contributed by atoms with Crippen molar-refractivity contribution in [2.75, 3.05) is 13.6 Å². The number of hydrogen-bond donors (Lipinski definition) is 1. The van der Waals surface area contributed by atoms with E-state index in [-0.39, 0.29) is 12.5 Å². The first kappa shape index (κ1) is 18.8. The molecule has 1 amide bonds. The van der Waals surface area contributed by atoms with E-state index >= 15 is 0 Å². The molecule has 0 bridgehead atoms. The second-order valence-corrected chi connectivity index (χ2v) is 6.31. The molecule has 0 spiro atoms. The van der Waals surface area contributed by atoms with Gasteiger partial charge in [-0.15, -0.1) is 0 Å². The van der Waals surface area contributed by atoms with Crippen molar-refractivity contribution >= 4 is 23.5 Å². The Kier molecular flexibility index (Phi) is 6.42. The van der Waals surface area contributed by atoms with Crippen LogP contribution in [0.1, 0.15) is 22.8 Å². The number of carbonyl (C=O) groups excluding carboxylic acids is 1. The van der Waals surface area contributed by atoms with Gasteiger partial charge in [0.15, 0.2) is 0 Å². The van der Waals surface area contributed by atoms with Crippen molar-refractivity contribution in [2.45, 2.75) is 13.5 Å². The fourth-order valence-electron chi connectivity index (χ4n) is 2.30. The standard InChI is InChI=1S/C19H20ClNO4/c1-13(19(23)24)11-21(2)18(22)15-6-4-8-17(10-15)25-12-14-5-3-7-16(20)9-14/h3-10,13H,11-12H2,1-2H3,(H,23,24). The second-order valence-electron chi connectivity index (χ2n) is 5.87. The lowest BCUT2D eigenvalue weighted by Gasteiger charge is -2.19. The predicted octanol–water partition coefficient (Wildman–Crippen LogP) is 3.71. The molecule has 2 rings (SSSR count). The van der Waals surface area contributed by atoms with Crippen LogP contribution in [0, 0.1) is 5.92 Å². The average Bonchev–Trinajstić information content (AvgIpc) is 2.59. The number of aliphatic carboxylic acids is 1. The van der Waals surface area contributed by atoms with Crippen LogP contribution in [-0.4, -0.2) is 35.5 Å². The molecular weight excluding hydrogens is 342 g/mol. The van der Waals surface area contributed by atoms with Gasteiger partial charge in [-0.05, 0) is 35.9 Å². The maximum atomic E-state index is 12.4. The first-order chi connectivity index (χ1) is 11.9. The number of nitrogens with zero attached hydrogens (tertiary/aromatic N) is 1. The molecule has 0 saturated carbocycles. The van der Waals surface area contributed by atoms with Crippen LogP contribution in [0.25, 0.3) is 0 Å². The summed E-state index contributed by atoms with van der Waals surface area (Å²) in [6.45, 7) is 2.04. The zero-order chi connectivity index (χ0) is 18.4. The van der Waals surface area contributed by atoms with Crippen molar-refractivity contribution in [3.8, 4) is 5.75 Å². The predicted molar refractivity (Wildman–Crippen MR) is 96.0 cm³/mol. The van der Waals surface area contributed by atoms with Crippen LogP contribution >= 0.6 is 11.6 Å². The SMILES string of the molecule is CC(CN(C)C(=O)c1cccc(OCc2cccc(Cl)c2)c1)C(=O)O. The lowest BCUT2D eigenvalue weighted by atomic mass is 10.1. The normalized spacial score (nSPS) is 11.6. The summed E-state index contributed by atoms with van der Waals surface area (Å²) in [5.74, 6) is -1.25. The Balaban J connectivity index is 2.02. The molecule has 0 aliphatic carbocycles. The van der Waals surface area contributed by atoms with Gasteiger partial charge in [0.1, 0.15) is 12.4 Å². The largest absolute Gasteiger partial charge is 0.489 e. The van der Waals surface area contributed by atoms with Gasteiger partial charge in [-0.1, -0.05) is 36.7 Å². The lowest BCUT2D eigenvalue weighted by Crippen LogP contribution is -2.33. The van der Waals surface area contributed by atoms with Gasteiger partial charge < -0.3 is 14.7 Å². The number of amides is 1. The van der Waals surface area contributed by atoms with E-state index in [1.165, 1.54) is 4.90 Å². The zero-order valence-electron chi connectivity index (χ0n) is 14.1. The Morgan fingerprint density at radius 2 is 1.92 bits per heavy atom. The molecule has 6 heteroatoms. The fourth-order valence-corrected chi connectivity index (χ4v) is 2.52. The van der Waals surface area contributed by atoms with Crippen LogP contribution < -0.4 is 4.74 Å². The summed E-state index contributed by atoms with van der Waals surface area (Å²) in [4.78, 5) is 24.8. The summed E-state index contributed by atoms with van der Waals surface area (Å²) >= 11 is 5.94. The Morgan fingerprint density at radius 3 is 2.60 bits per heavy atom. The van der Waals surface area contributed by atoms with Crippen molar-refractivity contribution in [1.82, 2.24) is 4.90 Å². The number of ether oxygens (including phenoxy) is 1. The number of benzene rings is 2. The number of carboxylic acid groups (broad SMARTS) is 1. The average molecular weight is 362 g/mol. The van der Waals surface area contributed by atoms with E-state index < -0.39 is 11.9 Å². The maximum Gasteiger partial charge on any atom is 0.308 e. The summed E-state index contributed by atoms with van der Waals surface area (Å²) in [6.07, 6.45) is 0. The van der Waals surface area contributed by atoms with Gasteiger partial charge in [0.05, 0.1) is 5.92 Å². The van der Waals surface area contributed by atoms with E-state index in [4.69, 9.17) is 21.4 Å². The fraction of sp³-hybridized carbons (Fsp3) is 0.263. The summed E-state index contributed by atoms with van der Waals surface area (Å²) in [5.41, 5.74) is 1.38. The molecule has 132 valence electrons. The van der Waals surface area contributed by atoms with Crippen molar-refractivity contribution < 1.29 is 19.4 Å². The van der Waals surface area contributed by atoms with Gasteiger partial charge in [0.25, 0.3) is 5.91 Å². The van der Waals surface area contributed by atoms with Gasteiger partial charge in [0, 0.05) is 24.2 Å². The van der Waals surface area contributed by atoms with Crippen LogP contribution in [0.3, 0.4) is 0 Å². The highest BCUT2D eigenvalue weighted by Crippen LogP contribution is 2.18. The molecule has 2 aromatic carbocycles. The van der Waals surface area contributed by atoms with E-state index in [1.807, 2.05) is 18.2 Å². The molecule has 1 N–H and O–H groups in total. The number of carboxylic acids is 1. The molecule has 0 aliphatic heterocycles. The lowest BCUT2D eigenvalue weighted by molar-refractivity contribution is -0.141. The van der Waals surface area contributed by atoms with Crippen LogP contribution in [0.15, 0.2) is 48.5 Å². The van der Waals surface area contributed by atoms with Crippen molar-refractivity contribution in [1.29, 1.82) is 0 Å². The number of carbonyl (C=O) groups is 2. The molecule has 0 saturated heterocycles. The molecule has 0 aliphatic rings. The Labute approximate surface area is 151 Å². The molecule has 0 fully saturated rings. The first-order valence-electron chi connectivity index (χ1n) is 7.82. The van der Waals surface area contributed by atoms with Gasteiger partial charge in [-0.3, -0.25) is 9.59 Å². The van der Waals surface area contributed by atoms with E-state index in [2.05, 4.69) is 0 Å². The second kappa shape index (κ2) is 8.53. The van der Waals surface area contributed by atoms with Crippen molar-refractivity contribution in [3.63, 3.8) is 0 Å². The molecule has 1 unspecified atom stereocenters. The quantitative estimate of drug-likeness (QED) is 0.816. The number of halogens is 1. The van der Waals surface area contributed by atoms with Crippen LogP contribution in [-0.2, 0) is 11.4 Å². The van der Waals surface area contributed by atoms with E-state index in [0.717, 1.165) is 5.56 Å². The minimum Gasteiger partial charge on any atom is -0.489 e. The van der Waals surface area contributed by atoms with E-state index in [9.17, 15) is 9.59 Å². The van der Waals surface area contributed by atoms with E-state index in [0.29, 0.717) is 22.9 Å². The zero-order valence-corrected chi connectivity index (χ0v) is 14.9. The van der Waals surface area contributed by atoms with Crippen LogP contribution in [0.5, 0.6) is 5.75 Å². The van der Waals surface area contributed by atoms with Gasteiger partial charge in [-0.2, -0.15) is 0 Å². The van der Waals surface area contributed by atoms with E-state index in [1.54, 1.807) is 44.3 Å². The van der Waals surface area contributed by atoms with Crippen LogP contribution in [0.2, 0.25) is 5.02 Å². The third kappa shape index (κ3) is 5.50. The Bertz CT molecular complexity index is 763. The maximum absolute atomic E-state index is 12.4. The van der Waals surface area contributed by atoms with Gasteiger partial charge in [0.2, 0.25) is 0 Å². The topological polar surface area (TPSA) is 66.8 Å². The summed E-state index contributed by atoms with van der Waals surface area (Å²) in [6, 6.07) is 14.2. The highest BCUT2D eigenvalue weighted by molar-refractivity contribution is 6.30. The van der Waals surface area contributed by atoms with Crippen molar-refractivity contribution in [3.05, 3.63) is 64.7 Å². The monoisotopic (exact) mass is 361 g/mol. The Morgan fingerprint density at radius 1 is 1.20 bits per heavy atom. The first-order valence-corrected chi connectivity index (χ1v) is 8.20. The minimum absolute atomic E-state index is 0.141. The highest BCUT2D eigenvalue weighted by atomic mass is 35.5. The van der Waals surface area contributed by atoms with Gasteiger partial charge >= 0.3 is 5.97 Å². The van der Waals surface area contributed by atoms with Crippen LogP contribution in [0.4, 0.5) is 0 Å². The Hall–Kier alpha value is -2.53. The third-order valence-electron chi connectivity index (χ3n) is 3.69. The smallest absolute Gasteiger partial charge is 0.308 e. The summed E-state index contributed by atoms with van der Waals surface area (Å²) < 4.78 is 5.71. The molecule has 0 heterocycles.